The molecule has 2 heterocycles. The van der Waals surface area contributed by atoms with E-state index in [-0.39, 0.29) is 0 Å². The monoisotopic (exact) mass is 343 g/mol. The zero-order chi connectivity index (χ0) is 16.6. The average molecular weight is 343 g/mol. The Morgan fingerprint density at radius 3 is 2.88 bits per heavy atom. The smallest absolute Gasteiger partial charge is 0.166 e. The van der Waals surface area contributed by atoms with E-state index < -0.39 is 0 Å². The first-order chi connectivity index (χ1) is 11.8. The summed E-state index contributed by atoms with van der Waals surface area (Å²) in [5.74, 6) is 1.61. The van der Waals surface area contributed by atoms with Crippen molar-refractivity contribution in [3.8, 4) is 5.75 Å². The number of thioether (sulfide) groups is 1. The Bertz CT molecular complexity index is 743. The molecule has 1 N–H and O–H groups in total. The van der Waals surface area contributed by atoms with Gasteiger partial charge in [0, 0.05) is 31.7 Å². The van der Waals surface area contributed by atoms with Crippen LogP contribution in [0.15, 0.2) is 47.8 Å². The lowest BCUT2D eigenvalue weighted by molar-refractivity contribution is 0.184. The number of nitrogens with one attached hydrogen (secondary N) is 1. The van der Waals surface area contributed by atoms with Crippen LogP contribution in [0.2, 0.25) is 0 Å². The van der Waals surface area contributed by atoms with E-state index in [0.717, 1.165) is 52.8 Å². The van der Waals surface area contributed by atoms with Gasteiger partial charge in [0.1, 0.15) is 5.75 Å². The molecule has 0 amide bonds. The molecule has 6 heteroatoms. The molecule has 0 radical (unpaired) electrons. The molecular weight excluding hydrogens is 322 g/mol. The van der Waals surface area contributed by atoms with Crippen molar-refractivity contribution in [1.29, 1.82) is 0 Å². The van der Waals surface area contributed by atoms with E-state index in [1.54, 1.807) is 25.1 Å². The van der Waals surface area contributed by atoms with Crippen LogP contribution in [-0.2, 0) is 10.5 Å². The molecule has 0 aliphatic carbocycles. The van der Waals surface area contributed by atoms with Gasteiger partial charge in [-0.1, -0.05) is 23.9 Å². The molecule has 0 unspecified atom stereocenters. The van der Waals surface area contributed by atoms with Gasteiger partial charge in [-0.3, -0.25) is 4.98 Å². The lowest BCUT2D eigenvalue weighted by Crippen LogP contribution is -2.00. The molecule has 0 spiro atoms. The van der Waals surface area contributed by atoms with Crippen LogP contribution in [0, 0.1) is 0 Å². The maximum Gasteiger partial charge on any atom is 0.166 e. The summed E-state index contributed by atoms with van der Waals surface area (Å²) in [5, 5.41) is 0.906. The van der Waals surface area contributed by atoms with E-state index in [4.69, 9.17) is 9.47 Å². The highest BCUT2D eigenvalue weighted by Crippen LogP contribution is 2.23. The number of benzene rings is 1. The predicted octanol–water partition coefficient (Wildman–Crippen LogP) is 4.06. The summed E-state index contributed by atoms with van der Waals surface area (Å²) in [4.78, 5) is 12.3. The summed E-state index contributed by atoms with van der Waals surface area (Å²) in [7, 11) is 1.72. The maximum absolute atomic E-state index is 5.77. The van der Waals surface area contributed by atoms with Gasteiger partial charge >= 0.3 is 0 Å². The Morgan fingerprint density at radius 1 is 1.12 bits per heavy atom. The van der Waals surface area contributed by atoms with Crippen molar-refractivity contribution in [2.45, 2.75) is 23.8 Å². The van der Waals surface area contributed by atoms with Crippen molar-refractivity contribution < 1.29 is 9.47 Å². The third-order valence-electron chi connectivity index (χ3n) is 3.52. The van der Waals surface area contributed by atoms with Crippen LogP contribution >= 0.6 is 11.8 Å². The molecule has 0 fully saturated rings. The lowest BCUT2D eigenvalue weighted by atomic mass is 10.3. The minimum Gasteiger partial charge on any atom is -0.493 e. The van der Waals surface area contributed by atoms with Gasteiger partial charge in [-0.2, -0.15) is 0 Å². The first-order valence-electron chi connectivity index (χ1n) is 7.99. The number of ether oxygens (including phenoxy) is 2. The zero-order valence-electron chi connectivity index (χ0n) is 13.7. The Hall–Kier alpha value is -2.05. The minimum atomic E-state index is 0.698. The van der Waals surface area contributed by atoms with E-state index in [0.29, 0.717) is 6.61 Å². The molecule has 0 aliphatic heterocycles. The standard InChI is InChI=1S/C18H21N3O2S/c1-22-10-4-5-11-23-15-8-9-19-14(12-15)13-24-18-20-16-6-2-3-7-17(16)21-18/h2-3,6-9,12H,4-5,10-11,13H2,1H3,(H,20,21). The normalized spacial score (nSPS) is 11.0. The second-order valence-corrected chi connectivity index (χ2v) is 6.34. The van der Waals surface area contributed by atoms with Gasteiger partial charge in [-0.15, -0.1) is 0 Å². The molecule has 5 nitrogen and oxygen atoms in total. The Morgan fingerprint density at radius 2 is 2.00 bits per heavy atom. The van der Waals surface area contributed by atoms with Crippen LogP contribution < -0.4 is 4.74 Å². The van der Waals surface area contributed by atoms with Gasteiger partial charge in [0.2, 0.25) is 0 Å². The number of imidazole rings is 1. The molecule has 24 heavy (non-hydrogen) atoms. The van der Waals surface area contributed by atoms with Crippen molar-refractivity contribution in [2.24, 2.45) is 0 Å². The van der Waals surface area contributed by atoms with E-state index in [1.807, 2.05) is 36.4 Å². The number of H-pyrrole nitrogens is 1. The van der Waals surface area contributed by atoms with Crippen molar-refractivity contribution in [3.05, 3.63) is 48.3 Å². The van der Waals surface area contributed by atoms with Crippen LogP contribution in [0.1, 0.15) is 18.5 Å². The molecule has 0 saturated carbocycles. The fraction of sp³-hybridized carbons (Fsp3) is 0.333. The van der Waals surface area contributed by atoms with E-state index in [1.165, 1.54) is 0 Å². The molecule has 1 aromatic carbocycles. The third-order valence-corrected chi connectivity index (χ3v) is 4.43. The highest BCUT2D eigenvalue weighted by Gasteiger charge is 2.05. The summed E-state index contributed by atoms with van der Waals surface area (Å²) in [6.07, 6.45) is 3.79. The average Bonchev–Trinajstić information content (AvgIpc) is 3.03. The molecule has 126 valence electrons. The van der Waals surface area contributed by atoms with Crippen LogP contribution in [0.25, 0.3) is 11.0 Å². The predicted molar refractivity (Wildman–Crippen MR) is 96.5 cm³/mol. The molecule has 2 aromatic heterocycles. The first-order valence-corrected chi connectivity index (χ1v) is 8.98. The number of pyridine rings is 1. The Balaban J connectivity index is 1.52. The summed E-state index contributed by atoms with van der Waals surface area (Å²) >= 11 is 1.64. The number of hydrogen-bond acceptors (Lipinski definition) is 5. The summed E-state index contributed by atoms with van der Waals surface area (Å²) in [5.41, 5.74) is 3.03. The molecule has 3 aromatic rings. The van der Waals surface area contributed by atoms with Crippen molar-refractivity contribution in [3.63, 3.8) is 0 Å². The summed E-state index contributed by atoms with van der Waals surface area (Å²) in [6, 6.07) is 11.9. The van der Waals surface area contributed by atoms with Crippen LogP contribution in [0.5, 0.6) is 5.75 Å². The van der Waals surface area contributed by atoms with Gasteiger partial charge in [0.15, 0.2) is 5.16 Å². The number of para-hydroxylation sites is 2. The van der Waals surface area contributed by atoms with E-state index >= 15 is 0 Å². The van der Waals surface area contributed by atoms with Crippen LogP contribution in [0.3, 0.4) is 0 Å². The number of unbranched alkanes of at least 4 members (excludes halogenated alkanes) is 1. The highest BCUT2D eigenvalue weighted by atomic mass is 32.2. The number of aromatic amines is 1. The molecule has 3 rings (SSSR count). The SMILES string of the molecule is COCCCCOc1ccnc(CSc2nc3ccccc3[nH]2)c1. The van der Waals surface area contributed by atoms with Crippen molar-refractivity contribution in [2.75, 3.05) is 20.3 Å². The van der Waals surface area contributed by atoms with Crippen molar-refractivity contribution in [1.82, 2.24) is 15.0 Å². The second-order valence-electron chi connectivity index (χ2n) is 5.38. The number of fused-ring (bicyclic) bond motifs is 1. The van der Waals surface area contributed by atoms with Gasteiger partial charge < -0.3 is 14.5 Å². The first kappa shape index (κ1) is 16.8. The van der Waals surface area contributed by atoms with Crippen molar-refractivity contribution >= 4 is 22.8 Å². The highest BCUT2D eigenvalue weighted by molar-refractivity contribution is 7.98. The van der Waals surface area contributed by atoms with Gasteiger partial charge in [0.05, 0.1) is 23.3 Å². The Labute approximate surface area is 145 Å². The molecule has 0 saturated heterocycles. The van der Waals surface area contributed by atoms with Gasteiger partial charge in [-0.25, -0.2) is 4.98 Å². The second kappa shape index (κ2) is 8.70. The quantitative estimate of drug-likeness (QED) is 0.469. The van der Waals surface area contributed by atoms with Gasteiger partial charge in [0.25, 0.3) is 0 Å². The molecular formula is C18H21N3O2S. The molecule has 0 atom stereocenters. The summed E-state index contributed by atoms with van der Waals surface area (Å²) < 4.78 is 10.8. The largest absolute Gasteiger partial charge is 0.493 e. The van der Waals surface area contributed by atoms with E-state index in [2.05, 4.69) is 15.0 Å². The topological polar surface area (TPSA) is 60.0 Å². The van der Waals surface area contributed by atoms with Gasteiger partial charge in [-0.05, 0) is 31.0 Å². The summed E-state index contributed by atoms with van der Waals surface area (Å²) in [6.45, 7) is 1.47. The van der Waals surface area contributed by atoms with Crippen LogP contribution in [0.4, 0.5) is 0 Å². The minimum absolute atomic E-state index is 0.698. The number of rotatable bonds is 9. The van der Waals surface area contributed by atoms with E-state index in [9.17, 15) is 0 Å². The fourth-order valence-electron chi connectivity index (χ4n) is 2.30. The number of methoxy groups -OCH3 is 1. The number of hydrogen-bond donors (Lipinski definition) is 1. The number of aromatic nitrogens is 3. The maximum atomic E-state index is 5.77. The third kappa shape index (κ3) is 4.72. The lowest BCUT2D eigenvalue weighted by Gasteiger charge is -2.07. The zero-order valence-corrected chi connectivity index (χ0v) is 14.5. The number of nitrogens with zero attached hydrogens (tertiary/aromatic N) is 2. The molecule has 0 aliphatic rings. The fourth-order valence-corrected chi connectivity index (χ4v) is 3.09. The van der Waals surface area contributed by atoms with Crippen LogP contribution in [-0.4, -0.2) is 35.3 Å². The Kier molecular flexibility index (Phi) is 6.09. The molecule has 0 bridgehead atoms.